The Morgan fingerprint density at radius 1 is 1.00 bits per heavy atom. The van der Waals surface area contributed by atoms with Crippen LogP contribution >= 0.6 is 0 Å². The molecule has 0 unspecified atom stereocenters. The molecular weight excluding hydrogens is 502 g/mol. The first-order valence-electron chi connectivity index (χ1n) is 12.9. The summed E-state index contributed by atoms with van der Waals surface area (Å²) < 4.78 is 27.6. The van der Waals surface area contributed by atoms with Crippen molar-refractivity contribution in [1.82, 2.24) is 30.8 Å². The van der Waals surface area contributed by atoms with Crippen LogP contribution in [0.5, 0.6) is 0 Å². The van der Waals surface area contributed by atoms with E-state index in [9.17, 15) is 18.7 Å². The number of carbonyl (C=O) groups excluding carboxylic acids is 1. The highest BCUT2D eigenvalue weighted by atomic mass is 19.1. The van der Waals surface area contributed by atoms with Gasteiger partial charge < -0.3 is 15.7 Å². The van der Waals surface area contributed by atoms with Gasteiger partial charge in [0, 0.05) is 24.7 Å². The average Bonchev–Trinajstić information content (AvgIpc) is 3.36. The quantitative estimate of drug-likeness (QED) is 0.258. The summed E-state index contributed by atoms with van der Waals surface area (Å²) in [5.74, 6) is -1.53. The van der Waals surface area contributed by atoms with Crippen LogP contribution < -0.4 is 10.6 Å². The standard InChI is InChI=1S/C29H32F2N6O2/c1-3-20-8-6-9-21(11-20)16-32-17-27(38)26(14-22-12-23(30)15-24(31)13-22)33-28(39)18-37-35-29(34-36-37)25-10-5-4-7-19(25)2/h4-13,15,26-27,32,38H,3,14,16-18H2,1-2H3,(H,33,39)/t26-,27-/m0/s1. The molecule has 8 nitrogen and oxygen atoms in total. The first-order valence-corrected chi connectivity index (χ1v) is 12.9. The van der Waals surface area contributed by atoms with Crippen molar-refractivity contribution >= 4 is 5.91 Å². The van der Waals surface area contributed by atoms with E-state index in [1.165, 1.54) is 22.5 Å². The van der Waals surface area contributed by atoms with E-state index in [0.717, 1.165) is 29.2 Å². The summed E-state index contributed by atoms with van der Waals surface area (Å²) in [5, 5.41) is 29.3. The van der Waals surface area contributed by atoms with E-state index in [0.29, 0.717) is 17.9 Å². The number of nitrogens with one attached hydrogen (secondary N) is 2. The Hall–Kier alpha value is -4.02. The summed E-state index contributed by atoms with van der Waals surface area (Å²) >= 11 is 0. The van der Waals surface area contributed by atoms with E-state index in [1.807, 2.05) is 43.3 Å². The minimum Gasteiger partial charge on any atom is -0.390 e. The van der Waals surface area contributed by atoms with Crippen LogP contribution in [0, 0.1) is 18.6 Å². The number of hydrogen-bond donors (Lipinski definition) is 3. The maximum atomic E-state index is 13.8. The van der Waals surface area contributed by atoms with E-state index < -0.39 is 29.7 Å². The van der Waals surface area contributed by atoms with Gasteiger partial charge in [0.25, 0.3) is 0 Å². The van der Waals surface area contributed by atoms with Gasteiger partial charge >= 0.3 is 0 Å². The molecule has 0 radical (unpaired) electrons. The van der Waals surface area contributed by atoms with Gasteiger partial charge in [0.2, 0.25) is 11.7 Å². The molecule has 0 bridgehead atoms. The molecule has 3 aromatic carbocycles. The third-order valence-electron chi connectivity index (χ3n) is 6.39. The van der Waals surface area contributed by atoms with E-state index in [4.69, 9.17) is 0 Å². The molecule has 0 saturated carbocycles. The van der Waals surface area contributed by atoms with Gasteiger partial charge in [0.05, 0.1) is 12.1 Å². The van der Waals surface area contributed by atoms with Crippen LogP contribution in [0.3, 0.4) is 0 Å². The number of aryl methyl sites for hydroxylation is 2. The molecule has 204 valence electrons. The molecule has 0 saturated heterocycles. The summed E-state index contributed by atoms with van der Waals surface area (Å²) in [6.07, 6.45) is -0.101. The molecule has 1 heterocycles. The number of tetrazole rings is 1. The minimum atomic E-state index is -1.04. The highest BCUT2D eigenvalue weighted by Crippen LogP contribution is 2.18. The Balaban J connectivity index is 1.42. The van der Waals surface area contributed by atoms with Crippen LogP contribution in [0.25, 0.3) is 11.4 Å². The highest BCUT2D eigenvalue weighted by molar-refractivity contribution is 5.76. The van der Waals surface area contributed by atoms with Crippen molar-refractivity contribution in [3.63, 3.8) is 0 Å². The molecule has 0 aliphatic heterocycles. The van der Waals surface area contributed by atoms with Crippen molar-refractivity contribution in [3.05, 3.63) is 101 Å². The Bertz CT molecular complexity index is 1390. The number of hydrogen-bond acceptors (Lipinski definition) is 6. The number of benzene rings is 3. The van der Waals surface area contributed by atoms with Crippen molar-refractivity contribution in [2.24, 2.45) is 0 Å². The van der Waals surface area contributed by atoms with Gasteiger partial charge in [-0.1, -0.05) is 55.5 Å². The SMILES string of the molecule is CCc1cccc(CNC[C@H](O)[C@H](Cc2cc(F)cc(F)c2)NC(=O)Cn2nnc(-c3ccccc3C)n2)c1. The van der Waals surface area contributed by atoms with Crippen LogP contribution in [-0.4, -0.2) is 49.9 Å². The lowest BCUT2D eigenvalue weighted by molar-refractivity contribution is -0.123. The molecular formula is C29H32F2N6O2. The molecule has 3 N–H and O–H groups in total. The number of nitrogens with zero attached hydrogens (tertiary/aromatic N) is 4. The number of aliphatic hydroxyl groups is 1. The van der Waals surface area contributed by atoms with E-state index in [2.05, 4.69) is 45.1 Å². The molecule has 10 heteroatoms. The third-order valence-corrected chi connectivity index (χ3v) is 6.39. The van der Waals surface area contributed by atoms with Crippen molar-refractivity contribution in [3.8, 4) is 11.4 Å². The van der Waals surface area contributed by atoms with Crippen LogP contribution in [0.15, 0.2) is 66.7 Å². The molecule has 0 aliphatic rings. The number of aromatic nitrogens is 4. The average molecular weight is 535 g/mol. The molecule has 0 fully saturated rings. The van der Waals surface area contributed by atoms with Crippen LogP contribution in [0.1, 0.15) is 29.2 Å². The van der Waals surface area contributed by atoms with Gasteiger partial charge in [-0.05, 0) is 59.4 Å². The van der Waals surface area contributed by atoms with Gasteiger partial charge in [0.15, 0.2) is 0 Å². The summed E-state index contributed by atoms with van der Waals surface area (Å²) in [7, 11) is 0. The highest BCUT2D eigenvalue weighted by Gasteiger charge is 2.23. The Morgan fingerprint density at radius 2 is 1.74 bits per heavy atom. The third kappa shape index (κ3) is 7.98. The number of amides is 1. The van der Waals surface area contributed by atoms with Crippen LogP contribution in [-0.2, 0) is 30.7 Å². The van der Waals surface area contributed by atoms with Crippen LogP contribution in [0.2, 0.25) is 0 Å². The summed E-state index contributed by atoms with van der Waals surface area (Å²) in [4.78, 5) is 14.1. The first kappa shape index (κ1) is 28.0. The molecule has 0 spiro atoms. The van der Waals surface area contributed by atoms with Gasteiger partial charge in [-0.15, -0.1) is 10.2 Å². The van der Waals surface area contributed by atoms with Crippen molar-refractivity contribution < 1.29 is 18.7 Å². The zero-order valence-corrected chi connectivity index (χ0v) is 21.9. The fourth-order valence-corrected chi connectivity index (χ4v) is 4.35. The Labute approximate surface area is 226 Å². The fourth-order valence-electron chi connectivity index (χ4n) is 4.35. The normalized spacial score (nSPS) is 12.7. The zero-order valence-electron chi connectivity index (χ0n) is 21.9. The maximum absolute atomic E-state index is 13.8. The molecule has 0 aliphatic carbocycles. The van der Waals surface area contributed by atoms with E-state index in [1.54, 1.807) is 0 Å². The lowest BCUT2D eigenvalue weighted by Crippen LogP contribution is -2.49. The summed E-state index contributed by atoms with van der Waals surface area (Å²) in [6.45, 7) is 4.44. The summed E-state index contributed by atoms with van der Waals surface area (Å²) in [6, 6.07) is 18.0. The van der Waals surface area contributed by atoms with Crippen molar-refractivity contribution in [2.75, 3.05) is 6.54 Å². The fraction of sp³-hybridized carbons (Fsp3) is 0.310. The maximum Gasteiger partial charge on any atom is 0.243 e. The number of halogens is 2. The van der Waals surface area contributed by atoms with Crippen molar-refractivity contribution in [2.45, 2.75) is 51.9 Å². The van der Waals surface area contributed by atoms with Crippen molar-refractivity contribution in [1.29, 1.82) is 0 Å². The second-order valence-electron chi connectivity index (χ2n) is 9.49. The number of rotatable bonds is 12. The van der Waals surface area contributed by atoms with E-state index in [-0.39, 0.29) is 19.5 Å². The lowest BCUT2D eigenvalue weighted by Gasteiger charge is -2.25. The molecule has 4 rings (SSSR count). The molecule has 1 aromatic heterocycles. The Morgan fingerprint density at radius 3 is 2.49 bits per heavy atom. The lowest BCUT2D eigenvalue weighted by atomic mass is 10.0. The van der Waals surface area contributed by atoms with Gasteiger partial charge in [-0.2, -0.15) is 4.80 Å². The number of aliphatic hydroxyl groups excluding tert-OH is 1. The second-order valence-corrected chi connectivity index (χ2v) is 9.49. The monoisotopic (exact) mass is 534 g/mol. The molecule has 2 atom stereocenters. The van der Waals surface area contributed by atoms with Gasteiger partial charge in [-0.25, -0.2) is 8.78 Å². The largest absolute Gasteiger partial charge is 0.390 e. The topological polar surface area (TPSA) is 105 Å². The number of carbonyl (C=O) groups is 1. The summed E-state index contributed by atoms with van der Waals surface area (Å²) in [5.41, 5.74) is 4.37. The van der Waals surface area contributed by atoms with Crippen LogP contribution in [0.4, 0.5) is 8.78 Å². The predicted molar refractivity (Wildman–Crippen MR) is 144 cm³/mol. The minimum absolute atomic E-state index is 0.0217. The van der Waals surface area contributed by atoms with Gasteiger partial charge in [-0.3, -0.25) is 4.79 Å². The predicted octanol–water partition coefficient (Wildman–Crippen LogP) is 3.37. The second kappa shape index (κ2) is 13.2. The Kier molecular flexibility index (Phi) is 9.45. The first-order chi connectivity index (χ1) is 18.8. The smallest absolute Gasteiger partial charge is 0.243 e. The molecule has 4 aromatic rings. The van der Waals surface area contributed by atoms with E-state index >= 15 is 0 Å². The molecule has 1 amide bonds. The molecule has 39 heavy (non-hydrogen) atoms. The zero-order chi connectivity index (χ0) is 27.8. The van der Waals surface area contributed by atoms with Gasteiger partial charge in [0.1, 0.15) is 18.2 Å².